The van der Waals surface area contributed by atoms with E-state index in [-0.39, 0.29) is 0 Å². The molecule has 0 bridgehead atoms. The largest absolute Gasteiger partial charge is 0.419 e. The first-order valence-corrected chi connectivity index (χ1v) is 4.20. The van der Waals surface area contributed by atoms with Crippen molar-refractivity contribution in [1.29, 1.82) is 0 Å². The summed E-state index contributed by atoms with van der Waals surface area (Å²) in [7, 11) is 0. The second-order valence-corrected chi connectivity index (χ2v) is 3.28. The number of hydrogen-bond donors (Lipinski definition) is 0. The van der Waals surface area contributed by atoms with E-state index >= 15 is 0 Å². The SMILES string of the molecule is FC(F)c1nc(Cl)cc(Cl)c1C(F)(F)F. The minimum Gasteiger partial charge on any atom is -0.234 e. The fourth-order valence-corrected chi connectivity index (χ4v) is 1.50. The smallest absolute Gasteiger partial charge is 0.234 e. The molecular formula is C7H2Cl2F5N. The molecular weight excluding hydrogens is 264 g/mol. The second kappa shape index (κ2) is 4.09. The Hall–Kier alpha value is -0.620. The average Bonchev–Trinajstić information content (AvgIpc) is 1.99. The molecule has 0 fully saturated rings. The molecule has 0 atom stereocenters. The molecule has 0 amide bonds. The summed E-state index contributed by atoms with van der Waals surface area (Å²) in [6, 6.07) is 0.664. The van der Waals surface area contributed by atoms with Crippen molar-refractivity contribution in [2.45, 2.75) is 12.6 Å². The highest BCUT2D eigenvalue weighted by Crippen LogP contribution is 2.40. The van der Waals surface area contributed by atoms with Crippen LogP contribution in [0.1, 0.15) is 17.7 Å². The summed E-state index contributed by atoms with van der Waals surface area (Å²) in [5.41, 5.74) is -3.11. The van der Waals surface area contributed by atoms with Gasteiger partial charge in [0.15, 0.2) is 0 Å². The molecule has 0 aliphatic rings. The second-order valence-electron chi connectivity index (χ2n) is 2.49. The van der Waals surface area contributed by atoms with Crippen LogP contribution in [0.4, 0.5) is 22.0 Å². The molecule has 1 rings (SSSR count). The highest BCUT2D eigenvalue weighted by Gasteiger charge is 2.39. The lowest BCUT2D eigenvalue weighted by Crippen LogP contribution is -2.12. The predicted molar refractivity (Wildman–Crippen MR) is 44.2 cm³/mol. The van der Waals surface area contributed by atoms with Crippen LogP contribution in [0.25, 0.3) is 0 Å². The number of rotatable bonds is 1. The molecule has 0 aromatic carbocycles. The molecule has 15 heavy (non-hydrogen) atoms. The van der Waals surface area contributed by atoms with Crippen LogP contribution in [0.5, 0.6) is 0 Å². The third-order valence-electron chi connectivity index (χ3n) is 1.46. The third-order valence-corrected chi connectivity index (χ3v) is 1.95. The third kappa shape index (κ3) is 2.69. The highest BCUT2D eigenvalue weighted by atomic mass is 35.5. The van der Waals surface area contributed by atoms with Gasteiger partial charge in [0.25, 0.3) is 6.43 Å². The van der Waals surface area contributed by atoms with Crippen molar-refractivity contribution < 1.29 is 22.0 Å². The summed E-state index contributed by atoms with van der Waals surface area (Å²) < 4.78 is 61.4. The summed E-state index contributed by atoms with van der Waals surface area (Å²) >= 11 is 10.4. The predicted octanol–water partition coefficient (Wildman–Crippen LogP) is 4.34. The van der Waals surface area contributed by atoms with E-state index < -0.39 is 34.0 Å². The van der Waals surface area contributed by atoms with E-state index in [1.165, 1.54) is 0 Å². The van der Waals surface area contributed by atoms with Gasteiger partial charge in [0.2, 0.25) is 0 Å². The summed E-state index contributed by atoms with van der Waals surface area (Å²) in [6.45, 7) is 0. The highest BCUT2D eigenvalue weighted by molar-refractivity contribution is 6.34. The van der Waals surface area contributed by atoms with Crippen molar-refractivity contribution in [2.24, 2.45) is 0 Å². The van der Waals surface area contributed by atoms with Crippen LogP contribution in [0.15, 0.2) is 6.07 Å². The van der Waals surface area contributed by atoms with Crippen LogP contribution in [-0.4, -0.2) is 4.98 Å². The molecule has 0 aliphatic heterocycles. The number of hydrogen-bond acceptors (Lipinski definition) is 1. The minimum absolute atomic E-state index is 0.511. The first kappa shape index (κ1) is 12.4. The maximum Gasteiger partial charge on any atom is 0.419 e. The maximum absolute atomic E-state index is 12.3. The van der Waals surface area contributed by atoms with E-state index in [0.29, 0.717) is 6.07 Å². The molecule has 0 aliphatic carbocycles. The molecule has 0 saturated heterocycles. The Kier molecular flexibility index (Phi) is 3.40. The Morgan fingerprint density at radius 1 is 1.20 bits per heavy atom. The van der Waals surface area contributed by atoms with Crippen molar-refractivity contribution >= 4 is 23.2 Å². The van der Waals surface area contributed by atoms with Gasteiger partial charge in [0.05, 0.1) is 5.02 Å². The monoisotopic (exact) mass is 265 g/mol. The molecule has 0 spiro atoms. The van der Waals surface area contributed by atoms with Crippen LogP contribution >= 0.6 is 23.2 Å². The van der Waals surface area contributed by atoms with E-state index in [2.05, 4.69) is 4.98 Å². The average molecular weight is 266 g/mol. The fourth-order valence-electron chi connectivity index (χ4n) is 0.941. The van der Waals surface area contributed by atoms with Gasteiger partial charge in [-0.25, -0.2) is 13.8 Å². The van der Waals surface area contributed by atoms with Crippen molar-refractivity contribution in [3.05, 3.63) is 27.5 Å². The zero-order valence-electron chi connectivity index (χ0n) is 6.75. The standard InChI is InChI=1S/C7H2Cl2F5N/c8-2-1-3(9)15-5(6(10)11)4(2)7(12,13)14/h1,6H. The minimum atomic E-state index is -4.99. The first-order valence-electron chi connectivity index (χ1n) is 3.44. The fraction of sp³-hybridized carbons (Fsp3) is 0.286. The maximum atomic E-state index is 12.3. The van der Waals surface area contributed by atoms with Crippen LogP contribution < -0.4 is 0 Å². The van der Waals surface area contributed by atoms with Gasteiger partial charge in [-0.1, -0.05) is 23.2 Å². The molecule has 0 radical (unpaired) electrons. The summed E-state index contributed by atoms with van der Waals surface area (Å²) in [5.74, 6) is 0. The van der Waals surface area contributed by atoms with Gasteiger partial charge in [0.1, 0.15) is 16.4 Å². The summed E-state index contributed by atoms with van der Waals surface area (Å²) in [5, 5.41) is -1.40. The Labute approximate surface area is 90.8 Å². The van der Waals surface area contributed by atoms with Gasteiger partial charge in [-0.15, -0.1) is 0 Å². The molecule has 1 aromatic rings. The zero-order valence-corrected chi connectivity index (χ0v) is 8.26. The van der Waals surface area contributed by atoms with Crippen LogP contribution in [0.2, 0.25) is 10.2 Å². The zero-order chi connectivity index (χ0) is 11.8. The Bertz CT molecular complexity index is 376. The Morgan fingerprint density at radius 2 is 1.73 bits per heavy atom. The number of nitrogens with zero attached hydrogens (tertiary/aromatic N) is 1. The van der Waals surface area contributed by atoms with Gasteiger partial charge in [-0.2, -0.15) is 13.2 Å². The molecule has 84 valence electrons. The quantitative estimate of drug-likeness (QED) is 0.544. The van der Waals surface area contributed by atoms with Crippen LogP contribution in [-0.2, 0) is 6.18 Å². The van der Waals surface area contributed by atoms with Crippen molar-refractivity contribution in [3.63, 3.8) is 0 Å². The first-order chi connectivity index (χ1) is 6.73. The molecule has 0 saturated carbocycles. The lowest BCUT2D eigenvalue weighted by molar-refractivity contribution is -0.139. The van der Waals surface area contributed by atoms with Gasteiger partial charge in [-0.05, 0) is 6.07 Å². The van der Waals surface area contributed by atoms with Gasteiger partial charge < -0.3 is 0 Å². The molecule has 0 unspecified atom stereocenters. The normalized spacial score (nSPS) is 12.3. The summed E-state index contributed by atoms with van der Waals surface area (Å²) in [4.78, 5) is 2.91. The van der Waals surface area contributed by atoms with Crippen molar-refractivity contribution in [3.8, 4) is 0 Å². The van der Waals surface area contributed by atoms with Gasteiger partial charge in [-0.3, -0.25) is 0 Å². The number of pyridine rings is 1. The number of alkyl halides is 5. The number of aromatic nitrogens is 1. The molecule has 1 heterocycles. The summed E-state index contributed by atoms with van der Waals surface area (Å²) in [6.07, 6.45) is -8.38. The van der Waals surface area contributed by atoms with E-state index in [1.54, 1.807) is 0 Å². The van der Waals surface area contributed by atoms with E-state index in [4.69, 9.17) is 23.2 Å². The van der Waals surface area contributed by atoms with Crippen molar-refractivity contribution in [1.82, 2.24) is 4.98 Å². The molecule has 1 nitrogen and oxygen atoms in total. The number of halogens is 7. The lowest BCUT2D eigenvalue weighted by Gasteiger charge is -2.13. The van der Waals surface area contributed by atoms with Gasteiger partial charge >= 0.3 is 6.18 Å². The molecule has 8 heteroatoms. The molecule has 0 N–H and O–H groups in total. The lowest BCUT2D eigenvalue weighted by atomic mass is 10.2. The van der Waals surface area contributed by atoms with E-state index in [1.807, 2.05) is 0 Å². The van der Waals surface area contributed by atoms with Crippen LogP contribution in [0, 0.1) is 0 Å². The Balaban J connectivity index is 3.48. The van der Waals surface area contributed by atoms with E-state index in [9.17, 15) is 22.0 Å². The topological polar surface area (TPSA) is 12.9 Å². The van der Waals surface area contributed by atoms with Crippen LogP contribution in [0.3, 0.4) is 0 Å². The van der Waals surface area contributed by atoms with E-state index in [0.717, 1.165) is 0 Å². The van der Waals surface area contributed by atoms with Crippen molar-refractivity contribution in [2.75, 3.05) is 0 Å². The van der Waals surface area contributed by atoms with Gasteiger partial charge in [0, 0.05) is 0 Å². The molecule has 1 aromatic heterocycles. The Morgan fingerprint density at radius 3 is 2.13 bits per heavy atom.